The van der Waals surface area contributed by atoms with Gasteiger partial charge in [0.2, 0.25) is 17.7 Å². The monoisotopic (exact) mass is 389 g/mol. The lowest BCUT2D eigenvalue weighted by atomic mass is 10.2. The van der Waals surface area contributed by atoms with Crippen molar-refractivity contribution in [1.82, 2.24) is 20.5 Å². The second-order valence-corrected chi connectivity index (χ2v) is 6.24. The first-order valence-electron chi connectivity index (χ1n) is 7.73. The molecule has 1 heterocycles. The molecule has 0 radical (unpaired) electrons. The third-order valence-corrected chi connectivity index (χ3v) is 3.95. The molecule has 0 aliphatic carbocycles. The van der Waals surface area contributed by atoms with Crippen LogP contribution in [0.15, 0.2) is 16.1 Å². The van der Waals surface area contributed by atoms with E-state index in [9.17, 15) is 29.8 Å². The molecule has 1 aromatic heterocycles. The van der Waals surface area contributed by atoms with E-state index in [0.717, 1.165) is 4.57 Å². The number of carbonyl (C=O) groups is 2. The van der Waals surface area contributed by atoms with Gasteiger partial charge in [0.05, 0.1) is 17.6 Å². The summed E-state index contributed by atoms with van der Waals surface area (Å²) in [6, 6.07) is -1.59. The molecular weight excluding hydrogens is 366 g/mol. The number of rotatable bonds is 9. The van der Waals surface area contributed by atoms with Crippen molar-refractivity contribution in [3.05, 3.63) is 11.0 Å². The molecule has 0 bridgehead atoms. The average molecular weight is 389 g/mol. The molecule has 0 saturated heterocycles. The Kier molecular flexibility index (Phi) is 7.86. The van der Waals surface area contributed by atoms with Crippen LogP contribution in [0.3, 0.4) is 0 Å². The molecule has 11 nitrogen and oxygen atoms in total. The molecule has 1 rings (SSSR count). The van der Waals surface area contributed by atoms with Crippen LogP contribution in [0.1, 0.15) is 20.8 Å². The zero-order chi connectivity index (χ0) is 20.0. The van der Waals surface area contributed by atoms with E-state index in [4.69, 9.17) is 0 Å². The molecule has 146 valence electrons. The molecule has 0 spiro atoms. The summed E-state index contributed by atoms with van der Waals surface area (Å²) in [7, 11) is 0. The summed E-state index contributed by atoms with van der Waals surface area (Å²) in [5, 5.41) is 39.4. The maximum absolute atomic E-state index is 12.0. The van der Waals surface area contributed by atoms with Gasteiger partial charge < -0.3 is 26.0 Å². The molecule has 26 heavy (non-hydrogen) atoms. The number of nitrogens with one attached hydrogen (secondary N) is 3. The van der Waals surface area contributed by atoms with E-state index in [2.05, 4.69) is 33.8 Å². The lowest BCUT2D eigenvalue weighted by Crippen LogP contribution is -2.54. The van der Waals surface area contributed by atoms with E-state index in [0.29, 0.717) is 0 Å². The number of aromatic hydroxyl groups is 2. The van der Waals surface area contributed by atoms with Crippen molar-refractivity contribution >= 4 is 24.4 Å². The minimum Gasteiger partial charge on any atom is -0.494 e. The fraction of sp³-hybridized carbons (Fsp3) is 0.571. The number of nitroso groups, excluding NO2 is 1. The third kappa shape index (κ3) is 5.61. The Hall–Kier alpha value is -2.31. The maximum atomic E-state index is 12.0. The number of aliphatic hydroxyl groups excluding tert-OH is 1. The highest BCUT2D eigenvalue weighted by molar-refractivity contribution is 7.80. The van der Waals surface area contributed by atoms with Crippen LogP contribution in [0.25, 0.3) is 0 Å². The fourth-order valence-corrected chi connectivity index (χ4v) is 2.14. The van der Waals surface area contributed by atoms with Crippen LogP contribution in [0.5, 0.6) is 11.8 Å². The van der Waals surface area contributed by atoms with Crippen LogP contribution < -0.4 is 16.0 Å². The Morgan fingerprint density at radius 3 is 2.35 bits per heavy atom. The average Bonchev–Trinajstić information content (AvgIpc) is 2.83. The van der Waals surface area contributed by atoms with Crippen molar-refractivity contribution in [2.75, 3.05) is 0 Å². The number of hydrogen-bond acceptors (Lipinski definition) is 9. The van der Waals surface area contributed by atoms with Gasteiger partial charge in [-0.3, -0.25) is 19.5 Å². The second kappa shape index (κ2) is 9.40. The van der Waals surface area contributed by atoms with Gasteiger partial charge in [0.25, 0.3) is 0 Å². The normalized spacial score (nSPS) is 15.6. The number of hydrogen-bond donors (Lipinski definition) is 7. The van der Waals surface area contributed by atoms with Gasteiger partial charge in [-0.2, -0.15) is 0 Å². The van der Waals surface area contributed by atoms with Gasteiger partial charge in [0.1, 0.15) is 12.3 Å². The van der Waals surface area contributed by atoms with Gasteiger partial charge in [0, 0.05) is 6.07 Å². The van der Waals surface area contributed by atoms with E-state index in [1.54, 1.807) is 0 Å². The molecule has 0 aliphatic heterocycles. The van der Waals surface area contributed by atoms with Crippen molar-refractivity contribution < 1.29 is 24.9 Å². The summed E-state index contributed by atoms with van der Waals surface area (Å²) in [4.78, 5) is 34.0. The lowest BCUT2D eigenvalue weighted by molar-refractivity contribution is -0.129. The predicted octanol–water partition coefficient (Wildman–Crippen LogP) is -0.782. The number of aromatic nitrogens is 1. The van der Waals surface area contributed by atoms with Gasteiger partial charge in [-0.15, -0.1) is 17.5 Å². The second-order valence-electron chi connectivity index (χ2n) is 5.76. The van der Waals surface area contributed by atoms with Crippen molar-refractivity contribution in [2.45, 2.75) is 56.7 Å². The maximum Gasteiger partial charge on any atom is 0.248 e. The van der Waals surface area contributed by atoms with Gasteiger partial charge in [-0.05, 0) is 20.8 Å². The minimum atomic E-state index is -1.22. The summed E-state index contributed by atoms with van der Waals surface area (Å²) in [5.41, 5.74) is 0. The van der Waals surface area contributed by atoms with Crippen molar-refractivity contribution in [3.8, 4) is 11.8 Å². The first-order chi connectivity index (χ1) is 12.1. The molecule has 4 atom stereocenters. The van der Waals surface area contributed by atoms with Crippen molar-refractivity contribution in [2.24, 2.45) is 5.18 Å². The van der Waals surface area contributed by atoms with Gasteiger partial charge in [-0.1, -0.05) is 5.18 Å². The van der Waals surface area contributed by atoms with Crippen LogP contribution in [-0.2, 0) is 16.3 Å². The third-order valence-electron chi connectivity index (χ3n) is 3.62. The molecule has 2 amide bonds. The molecule has 6 N–H and O–H groups in total. The standard InChI is InChI=1S/C14H23N5O6S/c1-6(16-12(22)7(2)17-13(23)8(3)18-25)11(21)15-5-19-10(20)4-9(26)14(19)24/h4,6-8,11,15,20-21,24,26H,5H2,1-3H3,(H,16,22)(H,17,23). The number of nitrogens with zero attached hydrogens (tertiary/aromatic N) is 2. The first-order valence-corrected chi connectivity index (χ1v) is 8.18. The minimum absolute atomic E-state index is 0.144. The Morgan fingerprint density at radius 2 is 1.85 bits per heavy atom. The summed E-state index contributed by atoms with van der Waals surface area (Å²) >= 11 is 3.95. The molecule has 0 aromatic carbocycles. The van der Waals surface area contributed by atoms with Crippen LogP contribution >= 0.6 is 12.6 Å². The molecule has 4 unspecified atom stereocenters. The Balaban J connectivity index is 2.52. The van der Waals surface area contributed by atoms with Crippen LogP contribution in [0, 0.1) is 4.91 Å². The molecule has 12 heteroatoms. The van der Waals surface area contributed by atoms with Crippen LogP contribution in [-0.4, -0.2) is 56.1 Å². The van der Waals surface area contributed by atoms with Crippen molar-refractivity contribution in [1.29, 1.82) is 0 Å². The zero-order valence-electron chi connectivity index (χ0n) is 14.5. The SMILES string of the molecule is CC(N=O)C(=O)NC(C)C(=O)NC(C)C(O)NCn1c(O)cc(S)c1O. The van der Waals surface area contributed by atoms with Crippen molar-refractivity contribution in [3.63, 3.8) is 0 Å². The lowest BCUT2D eigenvalue weighted by Gasteiger charge is -2.24. The number of aliphatic hydroxyl groups is 1. The Morgan fingerprint density at radius 1 is 1.23 bits per heavy atom. The smallest absolute Gasteiger partial charge is 0.248 e. The van der Waals surface area contributed by atoms with Gasteiger partial charge in [-0.25, -0.2) is 0 Å². The van der Waals surface area contributed by atoms with E-state index in [1.807, 2.05) is 0 Å². The van der Waals surface area contributed by atoms with Gasteiger partial charge >= 0.3 is 0 Å². The predicted molar refractivity (Wildman–Crippen MR) is 94.6 cm³/mol. The molecular formula is C14H23N5O6S. The van der Waals surface area contributed by atoms with Gasteiger partial charge in [0.15, 0.2) is 11.9 Å². The number of amides is 2. The van der Waals surface area contributed by atoms with E-state index < -0.39 is 36.2 Å². The highest BCUT2D eigenvalue weighted by Gasteiger charge is 2.23. The Bertz CT molecular complexity index is 666. The summed E-state index contributed by atoms with van der Waals surface area (Å²) < 4.78 is 1.07. The highest BCUT2D eigenvalue weighted by atomic mass is 32.1. The number of thiol groups is 1. The number of carbonyl (C=O) groups excluding carboxylic acids is 2. The quantitative estimate of drug-likeness (QED) is 0.165. The van der Waals surface area contributed by atoms with E-state index in [-0.39, 0.29) is 23.3 Å². The first kappa shape index (κ1) is 21.7. The molecule has 0 fully saturated rings. The van der Waals surface area contributed by atoms with Crippen LogP contribution in [0.2, 0.25) is 0 Å². The fourth-order valence-electron chi connectivity index (χ4n) is 1.90. The highest BCUT2D eigenvalue weighted by Crippen LogP contribution is 2.29. The van der Waals surface area contributed by atoms with E-state index >= 15 is 0 Å². The molecule has 1 aromatic rings. The summed E-state index contributed by atoms with van der Waals surface area (Å²) in [6.07, 6.45) is -1.22. The molecule has 0 aliphatic rings. The zero-order valence-corrected chi connectivity index (χ0v) is 15.4. The van der Waals surface area contributed by atoms with E-state index in [1.165, 1.54) is 26.8 Å². The topological polar surface area (TPSA) is 165 Å². The summed E-state index contributed by atoms with van der Waals surface area (Å²) in [5.74, 6) is -1.79. The van der Waals surface area contributed by atoms with Crippen LogP contribution in [0.4, 0.5) is 0 Å². The molecule has 0 saturated carbocycles. The Labute approximate surface area is 155 Å². The largest absolute Gasteiger partial charge is 0.494 e. The summed E-state index contributed by atoms with van der Waals surface area (Å²) in [6.45, 7) is 4.08.